The van der Waals surface area contributed by atoms with Gasteiger partial charge in [0.2, 0.25) is 5.88 Å². The van der Waals surface area contributed by atoms with Gasteiger partial charge in [-0.1, -0.05) is 23.2 Å². The van der Waals surface area contributed by atoms with E-state index in [2.05, 4.69) is 10.2 Å². The summed E-state index contributed by atoms with van der Waals surface area (Å²) in [6, 6.07) is 2.80. The molecule has 0 saturated heterocycles. The molecule has 0 unspecified atom stereocenters. The first-order valence-corrected chi connectivity index (χ1v) is 7.40. The van der Waals surface area contributed by atoms with Crippen LogP contribution in [0, 0.1) is 0 Å². The summed E-state index contributed by atoms with van der Waals surface area (Å²) in [6.45, 7) is 1.92. The number of hydrogen-bond acceptors (Lipinski definition) is 4. The number of H-pyrrole nitrogens is 1. The number of alkyl halides is 3. The lowest BCUT2D eigenvalue weighted by Crippen LogP contribution is -2.07. The number of rotatable bonds is 5. The molecule has 1 aromatic heterocycles. The Morgan fingerprint density at radius 3 is 2.42 bits per heavy atom. The van der Waals surface area contributed by atoms with Crippen molar-refractivity contribution < 1.29 is 27.4 Å². The fourth-order valence-electron chi connectivity index (χ4n) is 1.78. The normalized spacial score (nSPS) is 11.4. The highest BCUT2D eigenvalue weighted by Gasteiger charge is 2.32. The Balaban J connectivity index is 2.17. The molecule has 0 atom stereocenters. The van der Waals surface area contributed by atoms with Gasteiger partial charge in [-0.15, -0.1) is 5.10 Å². The molecule has 24 heavy (non-hydrogen) atoms. The quantitative estimate of drug-likeness (QED) is 0.765. The monoisotopic (exact) mass is 382 g/mol. The van der Waals surface area contributed by atoms with Crippen LogP contribution in [0.25, 0.3) is 0 Å². The third-order valence-corrected chi connectivity index (χ3v) is 3.34. The number of halogens is 5. The van der Waals surface area contributed by atoms with Gasteiger partial charge in [-0.2, -0.15) is 13.2 Å². The molecule has 1 aromatic carbocycles. The highest BCUT2D eigenvalue weighted by molar-refractivity contribution is 6.37. The van der Waals surface area contributed by atoms with Gasteiger partial charge in [-0.05, 0) is 19.1 Å². The second-order valence-corrected chi connectivity index (χ2v) is 5.40. The lowest BCUT2D eigenvalue weighted by atomic mass is 10.2. The average Bonchev–Trinajstić information content (AvgIpc) is 2.89. The number of hydrogen-bond donors (Lipinski definition) is 1. The number of carbonyl (C=O) groups excluding carboxylic acids is 1. The summed E-state index contributed by atoms with van der Waals surface area (Å²) in [5.41, 5.74) is -0.586. The SMILES string of the molecule is CCOC(=O)Cc1cc(Oc2c(Cl)cc(C(F)(F)F)cc2Cl)n[nH]1. The molecular formula is C14H11Cl2F3N2O3. The molecule has 130 valence electrons. The third-order valence-electron chi connectivity index (χ3n) is 2.78. The Bertz CT molecular complexity index is 724. The number of esters is 1. The number of nitrogens with one attached hydrogen (secondary N) is 1. The first-order chi connectivity index (χ1) is 11.2. The van der Waals surface area contributed by atoms with Gasteiger partial charge in [-0.25, -0.2) is 0 Å². The van der Waals surface area contributed by atoms with Crippen molar-refractivity contribution in [3.05, 3.63) is 39.5 Å². The lowest BCUT2D eigenvalue weighted by Gasteiger charge is -2.11. The summed E-state index contributed by atoms with van der Waals surface area (Å²) in [7, 11) is 0. The van der Waals surface area contributed by atoms with E-state index in [1.807, 2.05) is 0 Å². The Hall–Kier alpha value is -1.93. The van der Waals surface area contributed by atoms with Crippen molar-refractivity contribution in [2.45, 2.75) is 19.5 Å². The number of nitrogens with zero attached hydrogens (tertiary/aromatic N) is 1. The van der Waals surface area contributed by atoms with Crippen LogP contribution >= 0.6 is 23.2 Å². The molecule has 0 aliphatic carbocycles. The van der Waals surface area contributed by atoms with E-state index < -0.39 is 17.7 Å². The molecule has 1 N–H and O–H groups in total. The first-order valence-electron chi connectivity index (χ1n) is 6.64. The molecule has 0 saturated carbocycles. The van der Waals surface area contributed by atoms with E-state index in [1.165, 1.54) is 6.07 Å². The van der Waals surface area contributed by atoms with Crippen LogP contribution in [0.3, 0.4) is 0 Å². The van der Waals surface area contributed by atoms with Crippen LogP contribution in [0.2, 0.25) is 10.0 Å². The van der Waals surface area contributed by atoms with Crippen LogP contribution in [0.1, 0.15) is 18.2 Å². The number of aromatic nitrogens is 2. The molecule has 0 fully saturated rings. The smallest absolute Gasteiger partial charge is 0.416 e. The van der Waals surface area contributed by atoms with Crippen LogP contribution in [0.15, 0.2) is 18.2 Å². The van der Waals surface area contributed by atoms with Crippen molar-refractivity contribution in [2.24, 2.45) is 0 Å². The minimum Gasteiger partial charge on any atom is -0.466 e. The maximum absolute atomic E-state index is 12.7. The molecule has 0 radical (unpaired) electrons. The van der Waals surface area contributed by atoms with E-state index in [0.29, 0.717) is 17.8 Å². The highest BCUT2D eigenvalue weighted by atomic mass is 35.5. The predicted octanol–water partition coefficient (Wildman–Crippen LogP) is 4.63. The molecule has 0 aliphatic rings. The highest BCUT2D eigenvalue weighted by Crippen LogP contribution is 2.41. The zero-order valence-electron chi connectivity index (χ0n) is 12.2. The maximum atomic E-state index is 12.7. The van der Waals surface area contributed by atoms with Crippen LogP contribution in [0.4, 0.5) is 13.2 Å². The molecule has 0 amide bonds. The zero-order valence-corrected chi connectivity index (χ0v) is 13.7. The fraction of sp³-hybridized carbons (Fsp3) is 0.286. The summed E-state index contributed by atoms with van der Waals surface area (Å²) in [5, 5.41) is 5.70. The minimum absolute atomic E-state index is 0.00198. The van der Waals surface area contributed by atoms with E-state index in [9.17, 15) is 18.0 Å². The van der Waals surface area contributed by atoms with Gasteiger partial charge in [0.05, 0.1) is 34.3 Å². The Morgan fingerprint density at radius 1 is 1.25 bits per heavy atom. The predicted molar refractivity (Wildman–Crippen MR) is 80.5 cm³/mol. The van der Waals surface area contributed by atoms with Gasteiger partial charge in [0.15, 0.2) is 5.75 Å². The van der Waals surface area contributed by atoms with Crippen LogP contribution < -0.4 is 4.74 Å². The van der Waals surface area contributed by atoms with E-state index in [-0.39, 0.29) is 34.7 Å². The molecule has 2 aromatic rings. The zero-order chi connectivity index (χ0) is 17.9. The largest absolute Gasteiger partial charge is 0.466 e. The molecular weight excluding hydrogens is 372 g/mol. The Kier molecular flexibility index (Phi) is 5.61. The third kappa shape index (κ3) is 4.55. The summed E-state index contributed by atoms with van der Waals surface area (Å²) in [4.78, 5) is 11.4. The molecule has 0 bridgehead atoms. The summed E-state index contributed by atoms with van der Waals surface area (Å²) in [6.07, 6.45) is -4.64. The summed E-state index contributed by atoms with van der Waals surface area (Å²) in [5.74, 6) is -0.628. The second-order valence-electron chi connectivity index (χ2n) is 4.58. The topological polar surface area (TPSA) is 64.2 Å². The van der Waals surface area contributed by atoms with Crippen LogP contribution in [-0.2, 0) is 22.1 Å². The molecule has 5 nitrogen and oxygen atoms in total. The van der Waals surface area contributed by atoms with Gasteiger partial charge in [0, 0.05) is 6.07 Å². The van der Waals surface area contributed by atoms with Crippen LogP contribution in [0.5, 0.6) is 11.6 Å². The van der Waals surface area contributed by atoms with Gasteiger partial charge in [0.1, 0.15) is 0 Å². The Morgan fingerprint density at radius 2 is 1.88 bits per heavy atom. The molecule has 2 rings (SSSR count). The van der Waals surface area contributed by atoms with E-state index in [4.69, 9.17) is 32.7 Å². The van der Waals surface area contributed by atoms with Gasteiger partial charge < -0.3 is 9.47 Å². The standard InChI is InChI=1S/C14H11Cl2F3N2O3/c1-2-23-12(22)6-8-5-11(21-20-8)24-13-9(15)3-7(4-10(13)16)14(17,18)19/h3-5H,2,6H2,1H3,(H,20,21). The first kappa shape index (κ1) is 18.4. The minimum atomic E-state index is -4.58. The van der Waals surface area contributed by atoms with E-state index in [1.54, 1.807) is 6.92 Å². The van der Waals surface area contributed by atoms with E-state index >= 15 is 0 Å². The molecule has 0 aliphatic heterocycles. The van der Waals surface area contributed by atoms with Crippen LogP contribution in [-0.4, -0.2) is 22.8 Å². The molecule has 0 spiro atoms. The van der Waals surface area contributed by atoms with Crippen molar-refractivity contribution in [3.63, 3.8) is 0 Å². The number of aromatic amines is 1. The van der Waals surface area contributed by atoms with Crippen molar-refractivity contribution in [3.8, 4) is 11.6 Å². The lowest BCUT2D eigenvalue weighted by molar-refractivity contribution is -0.142. The number of carbonyl (C=O) groups is 1. The van der Waals surface area contributed by atoms with E-state index in [0.717, 1.165) is 0 Å². The maximum Gasteiger partial charge on any atom is 0.416 e. The summed E-state index contributed by atoms with van der Waals surface area (Å²) >= 11 is 11.6. The van der Waals surface area contributed by atoms with Crippen molar-refractivity contribution >= 4 is 29.2 Å². The van der Waals surface area contributed by atoms with Gasteiger partial charge >= 0.3 is 12.1 Å². The number of ether oxygens (including phenoxy) is 2. The molecule has 1 heterocycles. The number of benzene rings is 1. The van der Waals surface area contributed by atoms with Gasteiger partial charge in [0.25, 0.3) is 0 Å². The fourth-order valence-corrected chi connectivity index (χ4v) is 2.34. The molecule has 10 heteroatoms. The van der Waals surface area contributed by atoms with Crippen molar-refractivity contribution in [1.82, 2.24) is 10.2 Å². The summed E-state index contributed by atoms with van der Waals surface area (Å²) < 4.78 is 48.1. The second kappa shape index (κ2) is 7.31. The average molecular weight is 383 g/mol. The van der Waals surface area contributed by atoms with Crippen molar-refractivity contribution in [2.75, 3.05) is 6.61 Å². The van der Waals surface area contributed by atoms with Crippen molar-refractivity contribution in [1.29, 1.82) is 0 Å². The Labute approximate surface area is 144 Å². The van der Waals surface area contributed by atoms with Gasteiger partial charge in [-0.3, -0.25) is 9.89 Å².